The van der Waals surface area contributed by atoms with E-state index in [0.29, 0.717) is 5.56 Å². The fourth-order valence-corrected chi connectivity index (χ4v) is 2.06. The van der Waals surface area contributed by atoms with Crippen molar-refractivity contribution in [2.24, 2.45) is 11.8 Å². The quantitative estimate of drug-likeness (QED) is 0.705. The number of ether oxygens (including phenoxy) is 1. The maximum absolute atomic E-state index is 10.4. The van der Waals surface area contributed by atoms with E-state index >= 15 is 0 Å². The summed E-state index contributed by atoms with van der Waals surface area (Å²) in [6.07, 6.45) is 3.41. The Bertz CT molecular complexity index is 323. The van der Waals surface area contributed by atoms with Crippen LogP contribution in [0, 0.1) is 11.8 Å². The minimum atomic E-state index is 0.694. The summed E-state index contributed by atoms with van der Waals surface area (Å²) in [6, 6.07) is 7.27. The lowest BCUT2D eigenvalue weighted by Crippen LogP contribution is -2.26. The number of hydrogen-bond acceptors (Lipinski definition) is 2. The molecule has 1 aliphatic carbocycles. The lowest BCUT2D eigenvalue weighted by molar-refractivity contribution is 0.112. The van der Waals surface area contributed by atoms with E-state index in [4.69, 9.17) is 4.74 Å². The molecule has 2 rings (SSSR count). The molecule has 1 aromatic rings. The third-order valence-electron chi connectivity index (χ3n) is 2.97. The fraction of sp³-hybridized carbons (Fsp3) is 0.462. The third-order valence-corrected chi connectivity index (χ3v) is 2.97. The molecule has 0 atom stereocenters. The first-order valence-electron chi connectivity index (χ1n) is 5.46. The monoisotopic (exact) mass is 204 g/mol. The molecular formula is C13H16O2. The highest BCUT2D eigenvalue weighted by Gasteiger charge is 2.25. The van der Waals surface area contributed by atoms with Crippen LogP contribution in [0.25, 0.3) is 0 Å². The summed E-state index contributed by atoms with van der Waals surface area (Å²) in [7, 11) is 0. The van der Waals surface area contributed by atoms with Gasteiger partial charge in [0.15, 0.2) is 0 Å². The van der Waals surface area contributed by atoms with Gasteiger partial charge in [-0.1, -0.05) is 6.92 Å². The van der Waals surface area contributed by atoms with Crippen LogP contribution in [0.5, 0.6) is 5.75 Å². The Labute approximate surface area is 90.3 Å². The molecule has 0 amide bonds. The molecule has 2 heteroatoms. The number of carbonyl (C=O) groups is 1. The van der Waals surface area contributed by atoms with Crippen LogP contribution < -0.4 is 4.74 Å². The molecule has 1 aromatic carbocycles. The third kappa shape index (κ3) is 2.58. The Hall–Kier alpha value is -1.31. The molecule has 0 radical (unpaired) electrons. The van der Waals surface area contributed by atoms with E-state index in [1.165, 1.54) is 12.8 Å². The van der Waals surface area contributed by atoms with Gasteiger partial charge < -0.3 is 4.74 Å². The Balaban J connectivity index is 1.80. The van der Waals surface area contributed by atoms with Gasteiger partial charge in [-0.2, -0.15) is 0 Å². The van der Waals surface area contributed by atoms with E-state index in [1.54, 1.807) is 12.1 Å². The average Bonchev–Trinajstić information content (AvgIpc) is 2.23. The molecule has 0 aromatic heterocycles. The first kappa shape index (κ1) is 10.2. The molecule has 0 aliphatic heterocycles. The molecule has 80 valence electrons. The molecule has 15 heavy (non-hydrogen) atoms. The Morgan fingerprint density at radius 1 is 1.33 bits per heavy atom. The van der Waals surface area contributed by atoms with Gasteiger partial charge in [0, 0.05) is 5.56 Å². The first-order chi connectivity index (χ1) is 7.28. The smallest absolute Gasteiger partial charge is 0.150 e. The fourth-order valence-electron chi connectivity index (χ4n) is 2.06. The van der Waals surface area contributed by atoms with Gasteiger partial charge in [0.25, 0.3) is 0 Å². The summed E-state index contributed by atoms with van der Waals surface area (Å²) in [6.45, 7) is 3.08. The second kappa shape index (κ2) is 4.47. The lowest BCUT2D eigenvalue weighted by atomic mass is 9.77. The van der Waals surface area contributed by atoms with Gasteiger partial charge in [-0.05, 0) is 48.9 Å². The molecule has 1 saturated carbocycles. The van der Waals surface area contributed by atoms with Crippen molar-refractivity contribution in [1.82, 2.24) is 0 Å². The summed E-state index contributed by atoms with van der Waals surface area (Å²) < 4.78 is 5.64. The van der Waals surface area contributed by atoms with Crippen LogP contribution >= 0.6 is 0 Å². The highest BCUT2D eigenvalue weighted by Crippen LogP contribution is 2.33. The predicted octanol–water partition coefficient (Wildman–Crippen LogP) is 2.92. The van der Waals surface area contributed by atoms with Crippen LogP contribution in [0.1, 0.15) is 30.1 Å². The summed E-state index contributed by atoms with van der Waals surface area (Å²) in [5, 5.41) is 0. The van der Waals surface area contributed by atoms with Crippen molar-refractivity contribution in [2.75, 3.05) is 6.61 Å². The van der Waals surface area contributed by atoms with E-state index < -0.39 is 0 Å². The molecule has 0 heterocycles. The maximum atomic E-state index is 10.4. The van der Waals surface area contributed by atoms with Crippen molar-refractivity contribution in [1.29, 1.82) is 0 Å². The Morgan fingerprint density at radius 2 is 2.00 bits per heavy atom. The highest BCUT2D eigenvalue weighted by molar-refractivity contribution is 5.74. The van der Waals surface area contributed by atoms with Gasteiger partial charge in [-0.15, -0.1) is 0 Å². The number of aldehydes is 1. The van der Waals surface area contributed by atoms with Crippen molar-refractivity contribution < 1.29 is 9.53 Å². The summed E-state index contributed by atoms with van der Waals surface area (Å²) >= 11 is 0. The van der Waals surface area contributed by atoms with Gasteiger partial charge in [0.05, 0.1) is 6.61 Å². The molecular weight excluding hydrogens is 188 g/mol. The minimum absolute atomic E-state index is 0.694. The summed E-state index contributed by atoms with van der Waals surface area (Å²) in [5.74, 6) is 2.46. The zero-order valence-corrected chi connectivity index (χ0v) is 8.98. The summed E-state index contributed by atoms with van der Waals surface area (Å²) in [5.41, 5.74) is 0.694. The van der Waals surface area contributed by atoms with E-state index in [9.17, 15) is 4.79 Å². The number of benzene rings is 1. The molecule has 0 saturated heterocycles. The van der Waals surface area contributed by atoms with Crippen LogP contribution in [-0.4, -0.2) is 12.9 Å². The minimum Gasteiger partial charge on any atom is -0.493 e. The van der Waals surface area contributed by atoms with E-state index in [2.05, 4.69) is 6.92 Å². The number of hydrogen-bond donors (Lipinski definition) is 0. The van der Waals surface area contributed by atoms with E-state index in [1.807, 2.05) is 12.1 Å². The second-order valence-electron chi connectivity index (χ2n) is 4.44. The largest absolute Gasteiger partial charge is 0.493 e. The SMILES string of the molecule is CC1CC(COc2ccc(C=O)cc2)C1. The highest BCUT2D eigenvalue weighted by atomic mass is 16.5. The lowest BCUT2D eigenvalue weighted by Gasteiger charge is -2.32. The van der Waals surface area contributed by atoms with Gasteiger partial charge in [-0.3, -0.25) is 4.79 Å². The van der Waals surface area contributed by atoms with Crippen LogP contribution in [0.4, 0.5) is 0 Å². The zero-order valence-electron chi connectivity index (χ0n) is 8.98. The number of rotatable bonds is 4. The Morgan fingerprint density at radius 3 is 2.53 bits per heavy atom. The van der Waals surface area contributed by atoms with Crippen molar-refractivity contribution in [3.63, 3.8) is 0 Å². The van der Waals surface area contributed by atoms with E-state index in [-0.39, 0.29) is 0 Å². The summed E-state index contributed by atoms with van der Waals surface area (Å²) in [4.78, 5) is 10.4. The van der Waals surface area contributed by atoms with Crippen molar-refractivity contribution in [2.45, 2.75) is 19.8 Å². The molecule has 1 fully saturated rings. The molecule has 0 unspecified atom stereocenters. The normalized spacial score (nSPS) is 24.3. The molecule has 0 spiro atoms. The van der Waals surface area contributed by atoms with Crippen LogP contribution in [0.15, 0.2) is 24.3 Å². The van der Waals surface area contributed by atoms with Crippen LogP contribution in [0.3, 0.4) is 0 Å². The number of carbonyl (C=O) groups excluding carboxylic acids is 1. The van der Waals surface area contributed by atoms with Crippen molar-refractivity contribution >= 4 is 6.29 Å². The van der Waals surface area contributed by atoms with Crippen molar-refractivity contribution in [3.8, 4) is 5.75 Å². The van der Waals surface area contributed by atoms with Gasteiger partial charge >= 0.3 is 0 Å². The standard InChI is InChI=1S/C13H16O2/c1-10-6-12(7-10)9-15-13-4-2-11(8-14)3-5-13/h2-5,8,10,12H,6-7,9H2,1H3. The van der Waals surface area contributed by atoms with Crippen LogP contribution in [-0.2, 0) is 0 Å². The maximum Gasteiger partial charge on any atom is 0.150 e. The topological polar surface area (TPSA) is 26.3 Å². The second-order valence-corrected chi connectivity index (χ2v) is 4.44. The van der Waals surface area contributed by atoms with Gasteiger partial charge in [0.2, 0.25) is 0 Å². The Kier molecular flexibility index (Phi) is 3.05. The average molecular weight is 204 g/mol. The molecule has 0 N–H and O–H groups in total. The van der Waals surface area contributed by atoms with Gasteiger partial charge in [-0.25, -0.2) is 0 Å². The van der Waals surface area contributed by atoms with E-state index in [0.717, 1.165) is 30.5 Å². The van der Waals surface area contributed by atoms with Crippen molar-refractivity contribution in [3.05, 3.63) is 29.8 Å². The predicted molar refractivity (Wildman–Crippen MR) is 59.2 cm³/mol. The zero-order chi connectivity index (χ0) is 10.7. The molecule has 1 aliphatic rings. The van der Waals surface area contributed by atoms with Gasteiger partial charge in [0.1, 0.15) is 12.0 Å². The van der Waals surface area contributed by atoms with Crippen LogP contribution in [0.2, 0.25) is 0 Å². The molecule has 2 nitrogen and oxygen atoms in total. The first-order valence-corrected chi connectivity index (χ1v) is 5.46. The molecule has 0 bridgehead atoms.